The first-order chi connectivity index (χ1) is 11.6. The molecule has 1 aromatic carbocycles. The third-order valence-electron chi connectivity index (χ3n) is 4.02. The summed E-state index contributed by atoms with van der Waals surface area (Å²) in [7, 11) is 0. The molecule has 0 saturated heterocycles. The Morgan fingerprint density at radius 3 is 2.88 bits per heavy atom. The second-order valence-electron chi connectivity index (χ2n) is 6.06. The zero-order valence-corrected chi connectivity index (χ0v) is 15.0. The maximum absolute atomic E-state index is 12.8. The quantitative estimate of drug-likeness (QED) is 0.766. The van der Waals surface area contributed by atoms with E-state index in [0.717, 1.165) is 29.4 Å². The summed E-state index contributed by atoms with van der Waals surface area (Å²) in [5.74, 6) is -0.0456. The Hall–Kier alpha value is -2.27. The number of thiazole rings is 1. The highest BCUT2D eigenvalue weighted by Gasteiger charge is 2.15. The summed E-state index contributed by atoms with van der Waals surface area (Å²) >= 11 is 1.61. The Morgan fingerprint density at radius 2 is 2.17 bits per heavy atom. The number of amides is 1. The summed E-state index contributed by atoms with van der Waals surface area (Å²) in [5.41, 5.74) is 5.44. The minimum atomic E-state index is -0.0456. The molecule has 1 atom stereocenters. The summed E-state index contributed by atoms with van der Waals surface area (Å²) in [6.07, 6.45) is 3.58. The minimum Gasteiger partial charge on any atom is -0.349 e. The van der Waals surface area contributed by atoms with E-state index in [4.69, 9.17) is 0 Å². The van der Waals surface area contributed by atoms with Gasteiger partial charge in [0.15, 0.2) is 0 Å². The molecule has 124 valence electrons. The highest BCUT2D eigenvalue weighted by molar-refractivity contribution is 7.09. The fourth-order valence-electron chi connectivity index (χ4n) is 2.81. The summed E-state index contributed by atoms with van der Waals surface area (Å²) in [5, 5.41) is 4.02. The van der Waals surface area contributed by atoms with E-state index < -0.39 is 0 Å². The molecule has 0 fully saturated rings. The van der Waals surface area contributed by atoms with Crippen LogP contribution in [0.15, 0.2) is 36.0 Å². The molecule has 0 unspecified atom stereocenters. The molecule has 0 radical (unpaired) electrons. The summed E-state index contributed by atoms with van der Waals surface area (Å²) < 4.78 is 0. The fraction of sp³-hybridized carbons (Fsp3) is 0.316. The molecule has 1 amide bonds. The number of nitrogens with zero attached hydrogens (tertiary/aromatic N) is 2. The number of carbonyl (C=O) groups excluding carboxylic acids is 1. The molecule has 0 aliphatic heterocycles. The zero-order chi connectivity index (χ0) is 17.1. The topological polar surface area (TPSA) is 54.9 Å². The maximum Gasteiger partial charge on any atom is 0.252 e. The van der Waals surface area contributed by atoms with Crippen LogP contribution >= 0.6 is 11.3 Å². The number of benzene rings is 1. The zero-order valence-electron chi connectivity index (χ0n) is 14.2. The van der Waals surface area contributed by atoms with Crippen molar-refractivity contribution in [2.75, 3.05) is 0 Å². The van der Waals surface area contributed by atoms with Crippen LogP contribution in [0.25, 0.3) is 10.9 Å². The van der Waals surface area contributed by atoms with Gasteiger partial charge in [-0.1, -0.05) is 13.0 Å². The lowest BCUT2D eigenvalue weighted by atomic mass is 10.0. The molecule has 3 aromatic rings. The smallest absolute Gasteiger partial charge is 0.252 e. The summed E-state index contributed by atoms with van der Waals surface area (Å²) in [4.78, 5) is 22.6. The SMILES string of the molecule is CCc1ccc2nc(C)cc(C(=O)N[C@@H](C)Cc3cncs3)c2c1. The predicted octanol–water partition coefficient (Wildman–Crippen LogP) is 3.92. The molecule has 0 saturated carbocycles. The van der Waals surface area contributed by atoms with E-state index in [9.17, 15) is 4.79 Å². The lowest BCUT2D eigenvalue weighted by Crippen LogP contribution is -2.34. The van der Waals surface area contributed by atoms with Gasteiger partial charge in [-0.15, -0.1) is 11.3 Å². The van der Waals surface area contributed by atoms with Gasteiger partial charge in [0.25, 0.3) is 5.91 Å². The number of carbonyl (C=O) groups is 1. The van der Waals surface area contributed by atoms with Gasteiger partial charge in [0.05, 0.1) is 16.6 Å². The molecule has 5 heteroatoms. The Morgan fingerprint density at radius 1 is 1.33 bits per heavy atom. The van der Waals surface area contributed by atoms with Crippen LogP contribution in [-0.4, -0.2) is 21.9 Å². The largest absolute Gasteiger partial charge is 0.349 e. The second-order valence-corrected chi connectivity index (χ2v) is 7.03. The number of hydrogen-bond donors (Lipinski definition) is 1. The van der Waals surface area contributed by atoms with Gasteiger partial charge in [-0.25, -0.2) is 0 Å². The van der Waals surface area contributed by atoms with E-state index in [1.807, 2.05) is 37.7 Å². The number of pyridine rings is 1. The predicted molar refractivity (Wildman–Crippen MR) is 98.6 cm³/mol. The van der Waals surface area contributed by atoms with Crippen LogP contribution in [0, 0.1) is 6.92 Å². The third-order valence-corrected chi connectivity index (χ3v) is 4.82. The molecule has 2 aromatic heterocycles. The van der Waals surface area contributed by atoms with E-state index in [-0.39, 0.29) is 11.9 Å². The summed E-state index contributed by atoms with van der Waals surface area (Å²) in [6.45, 7) is 6.05. The van der Waals surface area contributed by atoms with Crippen molar-refractivity contribution in [1.29, 1.82) is 0 Å². The van der Waals surface area contributed by atoms with Crippen LogP contribution < -0.4 is 5.32 Å². The molecule has 0 aliphatic rings. The van der Waals surface area contributed by atoms with Crippen LogP contribution in [-0.2, 0) is 12.8 Å². The van der Waals surface area contributed by atoms with E-state index in [2.05, 4.69) is 34.3 Å². The number of nitrogens with one attached hydrogen (secondary N) is 1. The van der Waals surface area contributed by atoms with E-state index >= 15 is 0 Å². The molecule has 3 rings (SSSR count). The van der Waals surface area contributed by atoms with E-state index in [1.54, 1.807) is 11.3 Å². The van der Waals surface area contributed by atoms with Crippen LogP contribution in [0.4, 0.5) is 0 Å². The molecule has 0 bridgehead atoms. The van der Waals surface area contributed by atoms with E-state index in [1.165, 1.54) is 10.4 Å². The van der Waals surface area contributed by atoms with Crippen molar-refractivity contribution in [2.24, 2.45) is 0 Å². The van der Waals surface area contributed by atoms with Gasteiger partial charge >= 0.3 is 0 Å². The van der Waals surface area contributed by atoms with Crippen molar-refractivity contribution in [3.8, 4) is 0 Å². The molecule has 2 heterocycles. The Bertz CT molecular complexity index is 858. The fourth-order valence-corrected chi connectivity index (χ4v) is 3.54. The van der Waals surface area contributed by atoms with Crippen molar-refractivity contribution < 1.29 is 4.79 Å². The Kier molecular flexibility index (Phi) is 4.90. The van der Waals surface area contributed by atoms with Gasteiger partial charge in [-0.3, -0.25) is 14.8 Å². The van der Waals surface area contributed by atoms with Gasteiger partial charge in [0, 0.05) is 34.6 Å². The van der Waals surface area contributed by atoms with Crippen molar-refractivity contribution in [2.45, 2.75) is 39.7 Å². The lowest BCUT2D eigenvalue weighted by Gasteiger charge is -2.15. The van der Waals surface area contributed by atoms with Gasteiger partial charge < -0.3 is 5.32 Å². The summed E-state index contributed by atoms with van der Waals surface area (Å²) in [6, 6.07) is 8.07. The standard InChI is InChI=1S/C19H21N3OS/c1-4-14-5-6-18-16(9-14)17(8-13(3)21-18)19(23)22-12(2)7-15-10-20-11-24-15/h5-6,8-12H,4,7H2,1-3H3,(H,22,23)/t12-/m0/s1. The van der Waals surface area contributed by atoms with Gasteiger partial charge in [0.2, 0.25) is 0 Å². The first kappa shape index (κ1) is 16.6. The van der Waals surface area contributed by atoms with Gasteiger partial charge in [0.1, 0.15) is 0 Å². The average Bonchev–Trinajstić information content (AvgIpc) is 3.06. The van der Waals surface area contributed by atoms with Gasteiger partial charge in [-0.05, 0) is 44.0 Å². The number of aryl methyl sites for hydroxylation is 2. The number of rotatable bonds is 5. The number of aromatic nitrogens is 2. The molecular formula is C19H21N3OS. The molecule has 4 nitrogen and oxygen atoms in total. The number of hydrogen-bond acceptors (Lipinski definition) is 4. The van der Waals surface area contributed by atoms with Crippen LogP contribution in [0.5, 0.6) is 0 Å². The van der Waals surface area contributed by atoms with Crippen LogP contribution in [0.3, 0.4) is 0 Å². The first-order valence-electron chi connectivity index (χ1n) is 8.15. The molecular weight excluding hydrogens is 318 g/mol. The maximum atomic E-state index is 12.8. The Balaban J connectivity index is 1.88. The highest BCUT2D eigenvalue weighted by atomic mass is 32.1. The molecule has 0 spiro atoms. The minimum absolute atomic E-state index is 0.0456. The number of fused-ring (bicyclic) bond motifs is 1. The monoisotopic (exact) mass is 339 g/mol. The van der Waals surface area contributed by atoms with Crippen molar-refractivity contribution in [3.05, 3.63) is 57.7 Å². The van der Waals surface area contributed by atoms with E-state index in [0.29, 0.717) is 5.56 Å². The molecule has 24 heavy (non-hydrogen) atoms. The van der Waals surface area contributed by atoms with Crippen molar-refractivity contribution in [3.63, 3.8) is 0 Å². The second kappa shape index (κ2) is 7.09. The average molecular weight is 339 g/mol. The van der Waals surface area contributed by atoms with Crippen LogP contribution in [0.1, 0.15) is 40.3 Å². The molecule has 0 aliphatic carbocycles. The van der Waals surface area contributed by atoms with Crippen LogP contribution in [0.2, 0.25) is 0 Å². The molecule has 1 N–H and O–H groups in total. The normalized spacial score (nSPS) is 12.3. The van der Waals surface area contributed by atoms with Crippen molar-refractivity contribution >= 4 is 28.1 Å². The first-order valence-corrected chi connectivity index (χ1v) is 9.03. The Labute approximate surface area is 146 Å². The lowest BCUT2D eigenvalue weighted by molar-refractivity contribution is 0.0941. The third kappa shape index (κ3) is 3.62. The van der Waals surface area contributed by atoms with Gasteiger partial charge in [-0.2, -0.15) is 0 Å². The highest BCUT2D eigenvalue weighted by Crippen LogP contribution is 2.21. The van der Waals surface area contributed by atoms with Crippen molar-refractivity contribution in [1.82, 2.24) is 15.3 Å².